The van der Waals surface area contributed by atoms with Crippen LogP contribution in [0.2, 0.25) is 0 Å². The molecule has 4 aromatic rings. The number of nitrogens with one attached hydrogen (secondary N) is 2. The molecule has 10 heteroatoms. The molecule has 4 aromatic heterocycles. The van der Waals surface area contributed by atoms with E-state index in [4.69, 9.17) is 4.74 Å². The van der Waals surface area contributed by atoms with Gasteiger partial charge in [-0.3, -0.25) is 19.7 Å². The average Bonchev–Trinajstić information content (AvgIpc) is 3.24. The minimum Gasteiger partial charge on any atom is -0.462 e. The van der Waals surface area contributed by atoms with Crippen molar-refractivity contribution in [1.29, 1.82) is 0 Å². The molecule has 0 unspecified atom stereocenters. The molecule has 0 saturated heterocycles. The molecule has 0 fully saturated rings. The van der Waals surface area contributed by atoms with Gasteiger partial charge in [-0.1, -0.05) is 6.07 Å². The summed E-state index contributed by atoms with van der Waals surface area (Å²) in [6, 6.07) is 7.06. The first-order chi connectivity index (χ1) is 15.8. The van der Waals surface area contributed by atoms with Gasteiger partial charge < -0.3 is 10.1 Å². The lowest BCUT2D eigenvalue weighted by atomic mass is 10.0. The van der Waals surface area contributed by atoms with Gasteiger partial charge in [0.05, 0.1) is 23.4 Å². The number of amides is 1. The summed E-state index contributed by atoms with van der Waals surface area (Å²) in [7, 11) is 0. The second kappa shape index (κ2) is 9.11. The van der Waals surface area contributed by atoms with Crippen molar-refractivity contribution >= 4 is 28.7 Å². The number of anilines is 1. The zero-order valence-corrected chi connectivity index (χ0v) is 18.7. The normalized spacial score (nSPS) is 12.0. The third kappa shape index (κ3) is 4.69. The Morgan fingerprint density at radius 1 is 1.06 bits per heavy atom. The Bertz CT molecular complexity index is 1320. The van der Waals surface area contributed by atoms with E-state index in [-0.39, 0.29) is 5.69 Å². The maximum absolute atomic E-state index is 13.3. The summed E-state index contributed by atoms with van der Waals surface area (Å²) in [6.45, 7) is 7.15. The molecule has 33 heavy (non-hydrogen) atoms. The molecule has 168 valence electrons. The maximum Gasteiger partial charge on any atom is 0.324 e. The van der Waals surface area contributed by atoms with Crippen LogP contribution in [0.5, 0.6) is 0 Å². The number of ether oxygens (including phenoxy) is 1. The van der Waals surface area contributed by atoms with Crippen molar-refractivity contribution in [2.45, 2.75) is 39.7 Å². The summed E-state index contributed by atoms with van der Waals surface area (Å²) in [5.74, 6) is -2.09. The number of carbonyl (C=O) groups is 2. The molecule has 10 nitrogen and oxygen atoms in total. The van der Waals surface area contributed by atoms with Crippen molar-refractivity contribution in [2.24, 2.45) is 0 Å². The summed E-state index contributed by atoms with van der Waals surface area (Å²) in [6.07, 6.45) is 4.35. The first kappa shape index (κ1) is 22.0. The fourth-order valence-electron chi connectivity index (χ4n) is 3.30. The molecule has 1 atom stereocenters. The number of aromatic nitrogens is 6. The lowest BCUT2D eigenvalue weighted by molar-refractivity contribution is -0.151. The van der Waals surface area contributed by atoms with Crippen molar-refractivity contribution in [3.05, 3.63) is 59.8 Å². The van der Waals surface area contributed by atoms with Crippen LogP contribution in [-0.4, -0.2) is 48.1 Å². The van der Waals surface area contributed by atoms with Gasteiger partial charge in [0.2, 0.25) is 5.91 Å². The molecule has 0 aliphatic carbocycles. The molecule has 0 spiro atoms. The van der Waals surface area contributed by atoms with Crippen LogP contribution < -0.4 is 5.32 Å². The topological polar surface area (TPSA) is 136 Å². The van der Waals surface area contributed by atoms with Gasteiger partial charge in [0.15, 0.2) is 17.4 Å². The quantitative estimate of drug-likeness (QED) is 0.341. The summed E-state index contributed by atoms with van der Waals surface area (Å²) >= 11 is 0. The van der Waals surface area contributed by atoms with E-state index < -0.39 is 23.9 Å². The van der Waals surface area contributed by atoms with Crippen LogP contribution in [0.25, 0.3) is 22.4 Å². The highest BCUT2D eigenvalue weighted by molar-refractivity contribution is 6.10. The molecule has 4 heterocycles. The Morgan fingerprint density at radius 2 is 1.88 bits per heavy atom. The van der Waals surface area contributed by atoms with E-state index in [1.165, 1.54) is 6.20 Å². The molecule has 0 aliphatic heterocycles. The summed E-state index contributed by atoms with van der Waals surface area (Å²) in [5.41, 5.74) is 2.89. The monoisotopic (exact) mass is 445 g/mol. The number of H-pyrrole nitrogens is 1. The average molecular weight is 445 g/mol. The van der Waals surface area contributed by atoms with Gasteiger partial charge in [-0.2, -0.15) is 5.10 Å². The highest BCUT2D eigenvalue weighted by Crippen LogP contribution is 2.28. The standard InChI is InChI=1S/C23H23N7O3/c1-12(2)33-23(32)18(22(31)27-17-8-7-13(3)10-25-17)19-16-11-26-30-21(16)29-20(28-19)15-6-5-9-24-14(15)4/h5-12,18H,1-4H3,(H,25,27,31)(H,26,28,29,30)/t18-/m0/s1. The number of esters is 1. The third-order valence-electron chi connectivity index (χ3n) is 4.87. The second-order valence-corrected chi connectivity index (χ2v) is 7.83. The van der Waals surface area contributed by atoms with Gasteiger partial charge in [-0.25, -0.2) is 15.0 Å². The molecule has 0 aliphatic rings. The van der Waals surface area contributed by atoms with Gasteiger partial charge in [0.25, 0.3) is 0 Å². The minimum absolute atomic E-state index is 0.183. The fraction of sp³-hybridized carbons (Fsp3) is 0.261. The van der Waals surface area contributed by atoms with E-state index in [0.717, 1.165) is 5.56 Å². The van der Waals surface area contributed by atoms with Crippen LogP contribution in [0.15, 0.2) is 42.9 Å². The van der Waals surface area contributed by atoms with Crippen LogP contribution >= 0.6 is 0 Å². The second-order valence-electron chi connectivity index (χ2n) is 7.83. The Labute approximate surface area is 189 Å². The van der Waals surface area contributed by atoms with Crippen LogP contribution in [0.4, 0.5) is 5.82 Å². The highest BCUT2D eigenvalue weighted by Gasteiger charge is 2.35. The first-order valence-electron chi connectivity index (χ1n) is 10.4. The number of carbonyl (C=O) groups excluding carboxylic acids is 2. The van der Waals surface area contributed by atoms with Crippen molar-refractivity contribution < 1.29 is 14.3 Å². The molecule has 0 saturated carbocycles. The lowest BCUT2D eigenvalue weighted by Crippen LogP contribution is -2.32. The van der Waals surface area contributed by atoms with Crippen molar-refractivity contribution in [1.82, 2.24) is 30.1 Å². The number of aryl methyl sites for hydroxylation is 2. The van der Waals surface area contributed by atoms with E-state index in [1.807, 2.05) is 26.0 Å². The number of hydrogen-bond donors (Lipinski definition) is 2. The van der Waals surface area contributed by atoms with E-state index in [2.05, 4.69) is 35.5 Å². The Hall–Kier alpha value is -4.21. The zero-order chi connectivity index (χ0) is 23.5. The molecule has 0 bridgehead atoms. The van der Waals surface area contributed by atoms with Gasteiger partial charge in [0, 0.05) is 23.7 Å². The predicted molar refractivity (Wildman–Crippen MR) is 121 cm³/mol. The van der Waals surface area contributed by atoms with Crippen LogP contribution in [0.3, 0.4) is 0 Å². The minimum atomic E-state index is -1.37. The Kier molecular flexibility index (Phi) is 6.07. The molecule has 4 rings (SSSR count). The van der Waals surface area contributed by atoms with Crippen molar-refractivity contribution in [2.75, 3.05) is 5.32 Å². The fourth-order valence-corrected chi connectivity index (χ4v) is 3.30. The van der Waals surface area contributed by atoms with E-state index in [9.17, 15) is 9.59 Å². The zero-order valence-electron chi connectivity index (χ0n) is 18.7. The van der Waals surface area contributed by atoms with Crippen LogP contribution in [0, 0.1) is 13.8 Å². The number of rotatable bonds is 6. The van der Waals surface area contributed by atoms with Gasteiger partial charge in [-0.05, 0) is 51.5 Å². The van der Waals surface area contributed by atoms with Crippen molar-refractivity contribution in [3.63, 3.8) is 0 Å². The number of nitrogens with zero attached hydrogens (tertiary/aromatic N) is 5. The first-order valence-corrected chi connectivity index (χ1v) is 10.4. The van der Waals surface area contributed by atoms with Gasteiger partial charge >= 0.3 is 5.97 Å². The van der Waals surface area contributed by atoms with Gasteiger partial charge in [0.1, 0.15) is 5.82 Å². The lowest BCUT2D eigenvalue weighted by Gasteiger charge is -2.18. The molecule has 2 N–H and O–H groups in total. The summed E-state index contributed by atoms with van der Waals surface area (Å²) in [4.78, 5) is 44.1. The summed E-state index contributed by atoms with van der Waals surface area (Å²) in [5, 5.41) is 9.97. The molecule has 1 amide bonds. The van der Waals surface area contributed by atoms with E-state index >= 15 is 0 Å². The Morgan fingerprint density at radius 3 is 2.58 bits per heavy atom. The van der Waals surface area contributed by atoms with E-state index in [1.54, 1.807) is 38.4 Å². The number of pyridine rings is 2. The Balaban J connectivity index is 1.83. The van der Waals surface area contributed by atoms with E-state index in [0.29, 0.717) is 33.9 Å². The smallest absolute Gasteiger partial charge is 0.324 e. The molecular formula is C23H23N7O3. The van der Waals surface area contributed by atoms with Gasteiger partial charge in [-0.15, -0.1) is 0 Å². The van der Waals surface area contributed by atoms with Crippen LogP contribution in [-0.2, 0) is 14.3 Å². The van der Waals surface area contributed by atoms with Crippen LogP contribution in [0.1, 0.15) is 36.7 Å². The van der Waals surface area contributed by atoms with Crippen molar-refractivity contribution in [3.8, 4) is 11.4 Å². The SMILES string of the molecule is Cc1ccc(NC(=O)[C@@H](C(=O)OC(C)C)c2nc(-c3cccnc3C)nc3[nH]ncc23)nc1. The molecule has 0 aromatic carbocycles. The predicted octanol–water partition coefficient (Wildman–Crippen LogP) is 3.10. The highest BCUT2D eigenvalue weighted by atomic mass is 16.5. The largest absolute Gasteiger partial charge is 0.462 e. The summed E-state index contributed by atoms with van der Waals surface area (Å²) < 4.78 is 5.42. The number of fused-ring (bicyclic) bond motifs is 1. The number of hydrogen-bond acceptors (Lipinski definition) is 8. The maximum atomic E-state index is 13.3. The third-order valence-corrected chi connectivity index (χ3v) is 4.87. The number of aromatic amines is 1. The molecular weight excluding hydrogens is 422 g/mol. The molecule has 0 radical (unpaired) electrons.